The van der Waals surface area contributed by atoms with Crippen LogP contribution in [-0.4, -0.2) is 39.4 Å². The van der Waals surface area contributed by atoms with Crippen LogP contribution in [0.2, 0.25) is 0 Å². The third-order valence-electron chi connectivity index (χ3n) is 3.31. The van der Waals surface area contributed by atoms with E-state index in [9.17, 15) is 4.79 Å². The summed E-state index contributed by atoms with van der Waals surface area (Å²) in [5.74, 6) is 0.516. The van der Waals surface area contributed by atoms with Gasteiger partial charge >= 0.3 is 0 Å². The van der Waals surface area contributed by atoms with Crippen molar-refractivity contribution >= 4 is 28.2 Å². The van der Waals surface area contributed by atoms with Crippen molar-refractivity contribution < 1.29 is 4.79 Å². The zero-order chi connectivity index (χ0) is 14.7. The summed E-state index contributed by atoms with van der Waals surface area (Å²) in [6.45, 7) is 3.84. The first-order valence-corrected chi connectivity index (χ1v) is 7.74. The molecule has 1 fully saturated rings. The van der Waals surface area contributed by atoms with E-state index in [1.54, 1.807) is 6.07 Å². The number of carbonyl (C=O) groups excluding carboxylic acids is 1. The molecule has 0 spiro atoms. The van der Waals surface area contributed by atoms with Crippen LogP contribution in [0.1, 0.15) is 34.8 Å². The van der Waals surface area contributed by atoms with Gasteiger partial charge in [-0.2, -0.15) is 0 Å². The topological polar surface area (TPSA) is 83.9 Å². The average Bonchev–Trinajstić information content (AvgIpc) is 2.93. The number of amides is 1. The molecule has 2 aromatic heterocycles. The number of aryl methyl sites for hydroxylation is 1. The Hall–Kier alpha value is -2.09. The van der Waals surface area contributed by atoms with E-state index in [4.69, 9.17) is 0 Å². The standard InChI is InChI=1S/C13H16N6OS/c1-9-15-18-13(21-9)14-12(20)10-5-6-11(17-16-10)19-7-3-2-4-8-19/h5-6H,2-4,7-8H2,1H3,(H,14,18,20). The summed E-state index contributed by atoms with van der Waals surface area (Å²) in [4.78, 5) is 14.2. The van der Waals surface area contributed by atoms with Crippen molar-refractivity contribution in [2.24, 2.45) is 0 Å². The molecule has 8 heteroatoms. The molecular formula is C13H16N6OS. The summed E-state index contributed by atoms with van der Waals surface area (Å²) >= 11 is 1.33. The SMILES string of the molecule is Cc1nnc(NC(=O)c2ccc(N3CCCCC3)nn2)s1. The second-order valence-electron chi connectivity index (χ2n) is 4.90. The second-order valence-corrected chi connectivity index (χ2v) is 6.09. The van der Waals surface area contributed by atoms with Gasteiger partial charge in [0, 0.05) is 13.1 Å². The molecule has 1 aliphatic rings. The Morgan fingerprint density at radius 1 is 1.14 bits per heavy atom. The number of piperidine rings is 1. The van der Waals surface area contributed by atoms with E-state index in [0.29, 0.717) is 5.13 Å². The Balaban J connectivity index is 1.67. The van der Waals surface area contributed by atoms with Crippen LogP contribution in [-0.2, 0) is 0 Å². The number of anilines is 2. The molecule has 110 valence electrons. The molecule has 3 rings (SSSR count). The lowest BCUT2D eigenvalue weighted by molar-refractivity contribution is 0.102. The van der Waals surface area contributed by atoms with Crippen LogP contribution >= 0.6 is 11.3 Å². The van der Waals surface area contributed by atoms with Gasteiger partial charge in [0.1, 0.15) is 5.01 Å². The fraction of sp³-hybridized carbons (Fsp3) is 0.462. The molecule has 7 nitrogen and oxygen atoms in total. The van der Waals surface area contributed by atoms with Crippen LogP contribution in [0.25, 0.3) is 0 Å². The molecule has 1 amide bonds. The molecule has 0 aliphatic carbocycles. The minimum atomic E-state index is -0.316. The van der Waals surface area contributed by atoms with E-state index in [0.717, 1.165) is 23.9 Å². The number of hydrogen-bond donors (Lipinski definition) is 1. The van der Waals surface area contributed by atoms with E-state index in [1.807, 2.05) is 13.0 Å². The summed E-state index contributed by atoms with van der Waals surface area (Å²) in [6.07, 6.45) is 3.63. The van der Waals surface area contributed by atoms with E-state index in [-0.39, 0.29) is 11.6 Å². The zero-order valence-electron chi connectivity index (χ0n) is 11.7. The zero-order valence-corrected chi connectivity index (χ0v) is 12.6. The van der Waals surface area contributed by atoms with Crippen molar-refractivity contribution in [3.8, 4) is 0 Å². The normalized spacial score (nSPS) is 15.0. The summed E-state index contributed by atoms with van der Waals surface area (Å²) in [6, 6.07) is 3.54. The van der Waals surface area contributed by atoms with Crippen molar-refractivity contribution in [1.29, 1.82) is 0 Å². The highest BCUT2D eigenvalue weighted by molar-refractivity contribution is 7.15. The Morgan fingerprint density at radius 3 is 2.57 bits per heavy atom. The van der Waals surface area contributed by atoms with Crippen molar-refractivity contribution in [2.45, 2.75) is 26.2 Å². The van der Waals surface area contributed by atoms with Crippen LogP contribution in [0.5, 0.6) is 0 Å². The summed E-state index contributed by atoms with van der Waals surface area (Å²) in [7, 11) is 0. The van der Waals surface area contributed by atoms with Crippen molar-refractivity contribution in [1.82, 2.24) is 20.4 Å². The number of rotatable bonds is 3. The van der Waals surface area contributed by atoms with Crippen molar-refractivity contribution in [3.05, 3.63) is 22.8 Å². The van der Waals surface area contributed by atoms with Gasteiger partial charge < -0.3 is 4.90 Å². The highest BCUT2D eigenvalue weighted by Gasteiger charge is 2.15. The molecule has 0 radical (unpaired) electrons. The number of nitrogens with one attached hydrogen (secondary N) is 1. The molecular weight excluding hydrogens is 288 g/mol. The van der Waals surface area contributed by atoms with Crippen molar-refractivity contribution in [2.75, 3.05) is 23.3 Å². The van der Waals surface area contributed by atoms with E-state index in [1.165, 1.54) is 30.6 Å². The summed E-state index contributed by atoms with van der Waals surface area (Å²) < 4.78 is 0. The Bertz CT molecular complexity index is 620. The molecule has 3 heterocycles. The van der Waals surface area contributed by atoms with Crippen LogP contribution in [0.3, 0.4) is 0 Å². The average molecular weight is 304 g/mol. The first kappa shape index (κ1) is 13.9. The molecule has 2 aromatic rings. The van der Waals surface area contributed by atoms with Gasteiger partial charge in [-0.3, -0.25) is 10.1 Å². The highest BCUT2D eigenvalue weighted by Crippen LogP contribution is 2.17. The molecule has 0 atom stereocenters. The van der Waals surface area contributed by atoms with Gasteiger partial charge in [0.15, 0.2) is 11.5 Å². The molecule has 1 saturated heterocycles. The predicted octanol–water partition coefficient (Wildman–Crippen LogP) is 1.88. The van der Waals surface area contributed by atoms with Gasteiger partial charge in [-0.05, 0) is 38.3 Å². The van der Waals surface area contributed by atoms with Gasteiger partial charge in [0.25, 0.3) is 5.91 Å². The maximum atomic E-state index is 12.0. The maximum Gasteiger partial charge on any atom is 0.278 e. The van der Waals surface area contributed by atoms with Crippen LogP contribution in [0, 0.1) is 6.92 Å². The number of hydrogen-bond acceptors (Lipinski definition) is 7. The summed E-state index contributed by atoms with van der Waals surface area (Å²) in [5, 5.41) is 19.8. The van der Waals surface area contributed by atoms with Gasteiger partial charge in [-0.15, -0.1) is 20.4 Å². The van der Waals surface area contributed by atoms with E-state index >= 15 is 0 Å². The van der Waals surface area contributed by atoms with Crippen LogP contribution < -0.4 is 10.2 Å². The molecule has 0 saturated carbocycles. The third-order valence-corrected chi connectivity index (χ3v) is 4.06. The Kier molecular flexibility index (Phi) is 4.05. The number of carbonyl (C=O) groups is 1. The Labute approximate surface area is 126 Å². The molecule has 1 aliphatic heterocycles. The lowest BCUT2D eigenvalue weighted by Crippen LogP contribution is -2.30. The molecule has 0 bridgehead atoms. The number of nitrogens with zero attached hydrogens (tertiary/aromatic N) is 5. The minimum absolute atomic E-state index is 0.281. The third kappa shape index (κ3) is 3.33. The van der Waals surface area contributed by atoms with Crippen molar-refractivity contribution in [3.63, 3.8) is 0 Å². The summed E-state index contributed by atoms with van der Waals surface area (Å²) in [5.41, 5.74) is 0.281. The smallest absolute Gasteiger partial charge is 0.278 e. The molecule has 1 N–H and O–H groups in total. The molecule has 0 aromatic carbocycles. The van der Waals surface area contributed by atoms with Gasteiger partial charge in [-0.1, -0.05) is 11.3 Å². The van der Waals surface area contributed by atoms with Gasteiger partial charge in [-0.25, -0.2) is 0 Å². The second kappa shape index (κ2) is 6.13. The lowest BCUT2D eigenvalue weighted by Gasteiger charge is -2.27. The quantitative estimate of drug-likeness (QED) is 0.932. The van der Waals surface area contributed by atoms with Crippen LogP contribution in [0.15, 0.2) is 12.1 Å². The lowest BCUT2D eigenvalue weighted by atomic mass is 10.1. The maximum absolute atomic E-state index is 12.0. The largest absolute Gasteiger partial charge is 0.355 e. The molecule has 21 heavy (non-hydrogen) atoms. The van der Waals surface area contributed by atoms with Crippen LogP contribution in [0.4, 0.5) is 10.9 Å². The fourth-order valence-corrected chi connectivity index (χ4v) is 2.83. The first-order valence-electron chi connectivity index (χ1n) is 6.92. The Morgan fingerprint density at radius 2 is 1.95 bits per heavy atom. The highest BCUT2D eigenvalue weighted by atomic mass is 32.1. The van der Waals surface area contributed by atoms with Gasteiger partial charge in [0.2, 0.25) is 5.13 Å². The fourth-order valence-electron chi connectivity index (χ4n) is 2.25. The first-order chi connectivity index (χ1) is 10.2. The minimum Gasteiger partial charge on any atom is -0.355 e. The number of aromatic nitrogens is 4. The molecule has 0 unspecified atom stereocenters. The van der Waals surface area contributed by atoms with Gasteiger partial charge in [0.05, 0.1) is 0 Å². The van der Waals surface area contributed by atoms with E-state index in [2.05, 4.69) is 30.6 Å². The monoisotopic (exact) mass is 304 g/mol. The predicted molar refractivity (Wildman–Crippen MR) is 80.7 cm³/mol. The van der Waals surface area contributed by atoms with E-state index < -0.39 is 0 Å².